The predicted octanol–water partition coefficient (Wildman–Crippen LogP) is 4.44. The van der Waals surface area contributed by atoms with Crippen LogP contribution >= 0.6 is 0 Å². The van der Waals surface area contributed by atoms with E-state index in [4.69, 9.17) is 0 Å². The third kappa shape index (κ3) is 2.91. The lowest BCUT2D eigenvalue weighted by Crippen LogP contribution is -2.11. The fourth-order valence-electron chi connectivity index (χ4n) is 2.72. The van der Waals surface area contributed by atoms with Crippen molar-refractivity contribution in [3.63, 3.8) is 0 Å². The Balaban J connectivity index is 2.34. The average molecular weight is 353 g/mol. The summed E-state index contributed by atoms with van der Waals surface area (Å²) in [6.45, 7) is 1.86. The van der Waals surface area contributed by atoms with Crippen molar-refractivity contribution in [2.45, 2.75) is 13.1 Å². The van der Waals surface area contributed by atoms with Gasteiger partial charge in [-0.25, -0.2) is 12.4 Å². The molecule has 0 saturated carbocycles. The summed E-state index contributed by atoms with van der Waals surface area (Å²) in [5, 5.41) is 0.660. The lowest BCUT2D eigenvalue weighted by atomic mass is 10.1. The van der Waals surface area contributed by atoms with Crippen LogP contribution in [0.2, 0.25) is 0 Å². The number of aryl methyl sites for hydroxylation is 1. The molecule has 3 aromatic rings. The van der Waals surface area contributed by atoms with Gasteiger partial charge >= 0.3 is 6.18 Å². The highest BCUT2D eigenvalue weighted by Gasteiger charge is 2.31. The molecule has 1 aromatic heterocycles. The molecule has 1 heterocycles. The molecule has 3 rings (SSSR count). The number of benzene rings is 2. The van der Waals surface area contributed by atoms with Gasteiger partial charge in [-0.3, -0.25) is 0 Å². The van der Waals surface area contributed by atoms with E-state index in [0.29, 0.717) is 10.9 Å². The lowest BCUT2D eigenvalue weighted by Gasteiger charge is -2.11. The fraction of sp³-hybridized carbons (Fsp3) is 0.176. The van der Waals surface area contributed by atoms with Gasteiger partial charge in [-0.05, 0) is 42.8 Å². The number of hydrogen-bond donors (Lipinski definition) is 0. The molecule has 0 aliphatic rings. The summed E-state index contributed by atoms with van der Waals surface area (Å²) >= 11 is 0. The van der Waals surface area contributed by atoms with Crippen molar-refractivity contribution >= 4 is 20.9 Å². The van der Waals surface area contributed by atoms with E-state index in [1.165, 1.54) is 12.1 Å². The van der Waals surface area contributed by atoms with Gasteiger partial charge in [0.1, 0.15) is 0 Å². The van der Waals surface area contributed by atoms with Crippen LogP contribution in [0.4, 0.5) is 13.2 Å². The van der Waals surface area contributed by atoms with Gasteiger partial charge in [0.25, 0.3) is 0 Å². The maximum absolute atomic E-state index is 13.0. The third-order valence-electron chi connectivity index (χ3n) is 3.73. The number of halogens is 3. The zero-order chi connectivity index (χ0) is 17.7. The van der Waals surface area contributed by atoms with Gasteiger partial charge in [0, 0.05) is 5.39 Å². The van der Waals surface area contributed by atoms with E-state index in [0.717, 1.165) is 27.9 Å². The number of alkyl halides is 3. The Morgan fingerprint density at radius 3 is 2.33 bits per heavy atom. The minimum atomic E-state index is -4.49. The Kier molecular flexibility index (Phi) is 3.71. The summed E-state index contributed by atoms with van der Waals surface area (Å²) in [5.41, 5.74) is 0.967. The SMILES string of the molecule is Cc1ccc2c(c1)cc(-c1cccc(C(F)(F)F)c1)n2S(C)(=O)=O. The van der Waals surface area contributed by atoms with Crippen LogP contribution in [-0.4, -0.2) is 18.6 Å². The molecule has 0 radical (unpaired) electrons. The van der Waals surface area contributed by atoms with Gasteiger partial charge in [0.15, 0.2) is 0 Å². The first-order valence-electron chi connectivity index (χ1n) is 7.08. The Labute approximate surface area is 137 Å². The monoisotopic (exact) mass is 353 g/mol. The van der Waals surface area contributed by atoms with E-state index in [1.54, 1.807) is 24.3 Å². The first kappa shape index (κ1) is 16.6. The zero-order valence-corrected chi connectivity index (χ0v) is 13.7. The minimum Gasteiger partial charge on any atom is -0.237 e. The Morgan fingerprint density at radius 2 is 1.71 bits per heavy atom. The summed E-state index contributed by atoms with van der Waals surface area (Å²) in [6.07, 6.45) is -3.46. The van der Waals surface area contributed by atoms with E-state index in [9.17, 15) is 21.6 Å². The molecule has 0 aliphatic heterocycles. The molecule has 126 valence electrons. The van der Waals surface area contributed by atoms with Crippen LogP contribution in [0, 0.1) is 6.92 Å². The predicted molar refractivity (Wildman–Crippen MR) is 87.4 cm³/mol. The highest BCUT2D eigenvalue weighted by atomic mass is 32.2. The number of fused-ring (bicyclic) bond motifs is 1. The molecule has 0 fully saturated rings. The number of nitrogens with zero attached hydrogens (tertiary/aromatic N) is 1. The van der Waals surface area contributed by atoms with E-state index in [-0.39, 0.29) is 11.3 Å². The fourth-order valence-corrected chi connectivity index (χ4v) is 3.76. The zero-order valence-electron chi connectivity index (χ0n) is 12.9. The van der Waals surface area contributed by atoms with Crippen LogP contribution in [0.3, 0.4) is 0 Å². The largest absolute Gasteiger partial charge is 0.416 e. The Hall–Kier alpha value is -2.28. The normalized spacial score (nSPS) is 12.7. The van der Waals surface area contributed by atoms with Crippen molar-refractivity contribution in [3.05, 3.63) is 59.7 Å². The van der Waals surface area contributed by atoms with Crippen molar-refractivity contribution in [2.24, 2.45) is 0 Å². The molecule has 2 aromatic carbocycles. The van der Waals surface area contributed by atoms with Crippen molar-refractivity contribution in [1.29, 1.82) is 0 Å². The van der Waals surface area contributed by atoms with Crippen LogP contribution in [-0.2, 0) is 16.2 Å². The second kappa shape index (κ2) is 5.37. The summed E-state index contributed by atoms with van der Waals surface area (Å²) in [5.74, 6) is 0. The minimum absolute atomic E-state index is 0.198. The van der Waals surface area contributed by atoms with E-state index in [2.05, 4.69) is 0 Å². The molecule has 0 spiro atoms. The standard InChI is InChI=1S/C17H14F3NO2S/c1-11-6-7-15-13(8-11)10-16(21(15)24(2,22)23)12-4-3-5-14(9-12)17(18,19)20/h3-10H,1-2H3. The van der Waals surface area contributed by atoms with Gasteiger partial charge in [0.2, 0.25) is 10.0 Å². The maximum atomic E-state index is 13.0. The van der Waals surface area contributed by atoms with Crippen molar-refractivity contribution in [3.8, 4) is 11.3 Å². The van der Waals surface area contributed by atoms with Crippen LogP contribution < -0.4 is 0 Å². The van der Waals surface area contributed by atoms with Gasteiger partial charge < -0.3 is 0 Å². The van der Waals surface area contributed by atoms with Crippen LogP contribution in [0.25, 0.3) is 22.2 Å². The van der Waals surface area contributed by atoms with Gasteiger partial charge in [-0.2, -0.15) is 13.2 Å². The quantitative estimate of drug-likeness (QED) is 0.683. The third-order valence-corrected chi connectivity index (χ3v) is 4.79. The Bertz CT molecular complexity index is 1030. The molecule has 7 heteroatoms. The van der Waals surface area contributed by atoms with Gasteiger partial charge in [-0.15, -0.1) is 0 Å². The van der Waals surface area contributed by atoms with Crippen molar-refractivity contribution < 1.29 is 21.6 Å². The average Bonchev–Trinajstić information content (AvgIpc) is 2.85. The van der Waals surface area contributed by atoms with Crippen LogP contribution in [0.1, 0.15) is 11.1 Å². The van der Waals surface area contributed by atoms with Crippen molar-refractivity contribution in [2.75, 3.05) is 6.26 Å². The first-order chi connectivity index (χ1) is 11.1. The molecule has 0 saturated heterocycles. The molecule has 24 heavy (non-hydrogen) atoms. The molecule has 0 amide bonds. The lowest BCUT2D eigenvalue weighted by molar-refractivity contribution is -0.137. The molecule has 0 bridgehead atoms. The second-order valence-electron chi connectivity index (χ2n) is 5.70. The molecule has 0 aliphatic carbocycles. The topological polar surface area (TPSA) is 39.1 Å². The molecule has 0 N–H and O–H groups in total. The molecular formula is C17H14F3NO2S. The maximum Gasteiger partial charge on any atom is 0.416 e. The van der Waals surface area contributed by atoms with E-state index < -0.39 is 21.8 Å². The highest BCUT2D eigenvalue weighted by molar-refractivity contribution is 7.89. The molecule has 3 nitrogen and oxygen atoms in total. The van der Waals surface area contributed by atoms with Crippen LogP contribution in [0.15, 0.2) is 48.5 Å². The van der Waals surface area contributed by atoms with Crippen LogP contribution in [0.5, 0.6) is 0 Å². The van der Waals surface area contributed by atoms with Gasteiger partial charge in [0.05, 0.1) is 23.0 Å². The highest BCUT2D eigenvalue weighted by Crippen LogP contribution is 2.35. The molecule has 0 unspecified atom stereocenters. The van der Waals surface area contributed by atoms with Gasteiger partial charge in [-0.1, -0.05) is 23.8 Å². The summed E-state index contributed by atoms with van der Waals surface area (Å²) in [6, 6.07) is 11.5. The number of hydrogen-bond acceptors (Lipinski definition) is 2. The Morgan fingerprint density at radius 1 is 1.00 bits per heavy atom. The number of rotatable bonds is 2. The second-order valence-corrected chi connectivity index (χ2v) is 7.53. The molecular weight excluding hydrogens is 339 g/mol. The van der Waals surface area contributed by atoms with Crippen molar-refractivity contribution in [1.82, 2.24) is 3.97 Å². The van der Waals surface area contributed by atoms with E-state index in [1.807, 2.05) is 6.92 Å². The summed E-state index contributed by atoms with van der Waals surface area (Å²) in [4.78, 5) is 0. The van der Waals surface area contributed by atoms with E-state index >= 15 is 0 Å². The number of aromatic nitrogens is 1. The summed E-state index contributed by atoms with van der Waals surface area (Å²) < 4.78 is 64.4. The first-order valence-corrected chi connectivity index (χ1v) is 8.92. The summed E-state index contributed by atoms with van der Waals surface area (Å²) in [7, 11) is -3.69. The molecule has 0 atom stereocenters. The smallest absolute Gasteiger partial charge is 0.237 e.